The molecule has 0 bridgehead atoms. The average Bonchev–Trinajstić information content (AvgIpc) is 2.56. The summed E-state index contributed by atoms with van der Waals surface area (Å²) >= 11 is 17.5. The van der Waals surface area contributed by atoms with E-state index in [4.69, 9.17) is 40.5 Å². The quantitative estimate of drug-likeness (QED) is 0.484. The Hall–Kier alpha value is -2.08. The lowest BCUT2D eigenvalue weighted by Gasteiger charge is -2.07. The molecule has 0 saturated carbocycles. The first kappa shape index (κ1) is 17.3. The molecule has 1 aromatic heterocycles. The molecule has 118 valence electrons. The van der Waals surface area contributed by atoms with Gasteiger partial charge in [-0.25, -0.2) is 10.4 Å². The lowest BCUT2D eigenvalue weighted by Crippen LogP contribution is -2.20. The van der Waals surface area contributed by atoms with Crippen LogP contribution in [0.5, 0.6) is 0 Å². The first-order chi connectivity index (χ1) is 11.0. The van der Waals surface area contributed by atoms with Crippen LogP contribution in [0, 0.1) is 0 Å². The van der Waals surface area contributed by atoms with Gasteiger partial charge in [0.1, 0.15) is 5.02 Å². The van der Waals surface area contributed by atoms with Crippen molar-refractivity contribution in [2.75, 3.05) is 5.73 Å². The number of aromatic nitrogens is 1. The van der Waals surface area contributed by atoms with Crippen LogP contribution in [-0.2, 0) is 0 Å². The van der Waals surface area contributed by atoms with Crippen LogP contribution in [0.1, 0.15) is 16.1 Å². The second kappa shape index (κ2) is 7.97. The van der Waals surface area contributed by atoms with Gasteiger partial charge in [0.2, 0.25) is 0 Å². The molecule has 0 radical (unpaired) electrons. The maximum absolute atomic E-state index is 12.0. The topological polar surface area (TPSA) is 80.4 Å². The largest absolute Gasteiger partial charge is 0.396 e. The Morgan fingerprint density at radius 2 is 1.87 bits per heavy atom. The van der Waals surface area contributed by atoms with E-state index in [2.05, 4.69) is 15.5 Å². The van der Waals surface area contributed by atoms with Crippen molar-refractivity contribution in [2.45, 2.75) is 0 Å². The van der Waals surface area contributed by atoms with Gasteiger partial charge in [-0.05, 0) is 11.6 Å². The predicted molar refractivity (Wildman–Crippen MR) is 95.1 cm³/mol. The van der Waals surface area contributed by atoms with Crippen molar-refractivity contribution in [3.8, 4) is 0 Å². The van der Waals surface area contributed by atoms with E-state index in [0.29, 0.717) is 0 Å². The van der Waals surface area contributed by atoms with Gasteiger partial charge >= 0.3 is 0 Å². The molecule has 0 atom stereocenters. The normalized spacial score (nSPS) is 11.3. The van der Waals surface area contributed by atoms with E-state index >= 15 is 0 Å². The Labute approximate surface area is 147 Å². The summed E-state index contributed by atoms with van der Waals surface area (Å²) in [5.41, 5.74) is 8.77. The van der Waals surface area contributed by atoms with Gasteiger partial charge in [0.15, 0.2) is 10.8 Å². The van der Waals surface area contributed by atoms with Crippen LogP contribution in [-0.4, -0.2) is 17.1 Å². The number of hydrazone groups is 1. The van der Waals surface area contributed by atoms with Crippen molar-refractivity contribution in [1.82, 2.24) is 10.4 Å². The summed E-state index contributed by atoms with van der Waals surface area (Å²) in [5.74, 6) is -0.648. The summed E-state index contributed by atoms with van der Waals surface area (Å²) in [6.07, 6.45) is 4.92. The van der Waals surface area contributed by atoms with Gasteiger partial charge in [-0.15, -0.1) is 0 Å². The molecule has 1 heterocycles. The summed E-state index contributed by atoms with van der Waals surface area (Å²) in [4.78, 5) is 15.8. The lowest BCUT2D eigenvalue weighted by molar-refractivity contribution is 0.0950. The van der Waals surface area contributed by atoms with Gasteiger partial charge < -0.3 is 5.73 Å². The molecule has 0 fully saturated rings. The number of carbonyl (C=O) groups excluding carboxylic acids is 1. The number of halogens is 3. The minimum atomic E-state index is -0.648. The molecular weight excluding hydrogens is 359 g/mol. The fourth-order valence-electron chi connectivity index (χ4n) is 1.59. The Kier molecular flexibility index (Phi) is 5.98. The van der Waals surface area contributed by atoms with Crippen LogP contribution >= 0.6 is 34.8 Å². The smallest absolute Gasteiger partial charge is 0.291 e. The molecule has 1 amide bonds. The monoisotopic (exact) mass is 368 g/mol. The first-order valence-electron chi connectivity index (χ1n) is 6.35. The van der Waals surface area contributed by atoms with Gasteiger partial charge in [0, 0.05) is 6.21 Å². The van der Waals surface area contributed by atoms with Crippen LogP contribution < -0.4 is 11.2 Å². The number of amides is 1. The number of nitrogens with two attached hydrogens (primary N) is 1. The van der Waals surface area contributed by atoms with Crippen LogP contribution in [0.25, 0.3) is 6.08 Å². The minimum absolute atomic E-state index is 0.00233. The Bertz CT molecular complexity index is 776. The summed E-state index contributed by atoms with van der Waals surface area (Å²) < 4.78 is 0. The van der Waals surface area contributed by atoms with E-state index < -0.39 is 5.91 Å². The van der Waals surface area contributed by atoms with Crippen LogP contribution in [0.4, 0.5) is 5.69 Å². The van der Waals surface area contributed by atoms with Crippen molar-refractivity contribution >= 4 is 58.7 Å². The highest BCUT2D eigenvalue weighted by Gasteiger charge is 2.19. The summed E-state index contributed by atoms with van der Waals surface area (Å²) in [5, 5.41) is 3.58. The number of rotatable bonds is 4. The molecule has 5 nitrogen and oxygen atoms in total. The fourth-order valence-corrected chi connectivity index (χ4v) is 2.19. The molecule has 0 spiro atoms. The molecule has 23 heavy (non-hydrogen) atoms. The standard InChI is InChI=1S/C15H11Cl3N4O/c16-10-12(19)11(17)14(18)21-13(10)15(23)22-20-8-4-7-9-5-2-1-3-6-9/h1-8H,(H2,19,21)(H,22,23). The van der Waals surface area contributed by atoms with E-state index in [9.17, 15) is 4.79 Å². The fraction of sp³-hybridized carbons (Fsp3) is 0. The van der Waals surface area contributed by atoms with Gasteiger partial charge in [-0.3, -0.25) is 4.79 Å². The molecular formula is C15H11Cl3N4O. The zero-order chi connectivity index (χ0) is 16.8. The Morgan fingerprint density at radius 3 is 2.57 bits per heavy atom. The van der Waals surface area contributed by atoms with E-state index in [-0.39, 0.29) is 26.6 Å². The third-order valence-corrected chi connectivity index (χ3v) is 3.84. The number of nitrogens with one attached hydrogen (secondary N) is 1. The lowest BCUT2D eigenvalue weighted by atomic mass is 10.2. The molecule has 1 aromatic carbocycles. The van der Waals surface area contributed by atoms with Crippen molar-refractivity contribution in [3.63, 3.8) is 0 Å². The summed E-state index contributed by atoms with van der Waals surface area (Å²) in [7, 11) is 0. The van der Waals surface area contributed by atoms with Gasteiger partial charge in [0.05, 0.1) is 10.7 Å². The number of carbonyl (C=O) groups is 1. The highest BCUT2D eigenvalue weighted by atomic mass is 35.5. The van der Waals surface area contributed by atoms with E-state index in [1.165, 1.54) is 6.21 Å². The van der Waals surface area contributed by atoms with E-state index in [0.717, 1.165) is 5.56 Å². The maximum Gasteiger partial charge on any atom is 0.291 e. The number of pyridine rings is 1. The summed E-state index contributed by atoms with van der Waals surface area (Å²) in [6, 6.07) is 9.63. The number of allylic oxidation sites excluding steroid dienone is 1. The van der Waals surface area contributed by atoms with Gasteiger partial charge in [-0.1, -0.05) is 71.2 Å². The van der Waals surface area contributed by atoms with E-state index in [1.54, 1.807) is 6.08 Å². The number of hydrogen-bond acceptors (Lipinski definition) is 4. The minimum Gasteiger partial charge on any atom is -0.396 e. The third-order valence-electron chi connectivity index (χ3n) is 2.70. The van der Waals surface area contributed by atoms with E-state index in [1.807, 2.05) is 36.4 Å². The van der Waals surface area contributed by atoms with Crippen LogP contribution in [0.15, 0.2) is 41.5 Å². The van der Waals surface area contributed by atoms with Crippen molar-refractivity contribution in [2.24, 2.45) is 5.10 Å². The predicted octanol–water partition coefficient (Wildman–Crippen LogP) is 4.05. The number of nitrogens with zero attached hydrogens (tertiary/aromatic N) is 2. The number of benzene rings is 1. The Balaban J connectivity index is 2.03. The van der Waals surface area contributed by atoms with Gasteiger partial charge in [-0.2, -0.15) is 5.10 Å². The van der Waals surface area contributed by atoms with Crippen molar-refractivity contribution < 1.29 is 4.79 Å². The van der Waals surface area contributed by atoms with Crippen LogP contribution in [0.2, 0.25) is 15.2 Å². The maximum atomic E-state index is 12.0. The first-order valence-corrected chi connectivity index (χ1v) is 7.49. The second-order valence-electron chi connectivity index (χ2n) is 4.28. The molecule has 0 aliphatic rings. The zero-order valence-electron chi connectivity index (χ0n) is 11.6. The molecule has 8 heteroatoms. The Morgan fingerprint density at radius 1 is 1.17 bits per heavy atom. The second-order valence-corrected chi connectivity index (χ2v) is 5.40. The molecule has 0 aliphatic heterocycles. The third kappa shape index (κ3) is 4.45. The number of hydrogen-bond donors (Lipinski definition) is 2. The van der Waals surface area contributed by atoms with Crippen molar-refractivity contribution in [1.29, 1.82) is 0 Å². The zero-order valence-corrected chi connectivity index (χ0v) is 13.9. The molecule has 0 saturated heterocycles. The highest BCUT2D eigenvalue weighted by Crippen LogP contribution is 2.34. The molecule has 2 aromatic rings. The number of nitrogen functional groups attached to an aromatic ring is 1. The molecule has 0 unspecified atom stereocenters. The van der Waals surface area contributed by atoms with Crippen LogP contribution in [0.3, 0.4) is 0 Å². The summed E-state index contributed by atoms with van der Waals surface area (Å²) in [6.45, 7) is 0. The number of anilines is 1. The SMILES string of the molecule is Nc1c(Cl)c(Cl)nc(C(=O)NN=CC=Cc2ccccc2)c1Cl. The molecule has 2 rings (SSSR count). The van der Waals surface area contributed by atoms with Crippen molar-refractivity contribution in [3.05, 3.63) is 62.9 Å². The highest BCUT2D eigenvalue weighted by molar-refractivity contribution is 6.46. The molecule has 3 N–H and O–H groups in total. The molecule has 0 aliphatic carbocycles. The van der Waals surface area contributed by atoms with Gasteiger partial charge in [0.25, 0.3) is 5.91 Å². The average molecular weight is 370 g/mol.